The molecule has 0 N–H and O–H groups in total. The van der Waals surface area contributed by atoms with Crippen molar-refractivity contribution in [2.75, 3.05) is 21.1 Å². The first-order chi connectivity index (χ1) is 8.27. The molecule has 1 aliphatic heterocycles. The van der Waals surface area contributed by atoms with E-state index in [9.17, 15) is 13.2 Å². The molecule has 0 radical (unpaired) electrons. The van der Waals surface area contributed by atoms with E-state index in [0.717, 1.165) is 0 Å². The summed E-state index contributed by atoms with van der Waals surface area (Å²) in [7, 11) is 1.04. The second-order valence-electron chi connectivity index (χ2n) is 4.18. The summed E-state index contributed by atoms with van der Waals surface area (Å²) < 4.78 is 22.6. The van der Waals surface area contributed by atoms with Gasteiger partial charge in [-0.15, -0.1) is 10.2 Å². The van der Waals surface area contributed by atoms with Crippen LogP contribution in [0.15, 0.2) is 10.2 Å². The van der Waals surface area contributed by atoms with Crippen LogP contribution in [0.5, 0.6) is 0 Å². The van der Waals surface area contributed by atoms with Crippen LogP contribution in [0.25, 0.3) is 0 Å². The number of amides is 2. The molecule has 1 heterocycles. The van der Waals surface area contributed by atoms with Crippen molar-refractivity contribution in [1.29, 1.82) is 0 Å². The fraction of sp³-hybridized carbons (Fsp3) is 0.667. The van der Waals surface area contributed by atoms with E-state index in [1.807, 2.05) is 13.8 Å². The highest BCUT2D eigenvalue weighted by atomic mass is 32.9. The van der Waals surface area contributed by atoms with Crippen LogP contribution < -0.4 is 0 Å². The number of hydrogen-bond donors (Lipinski definition) is 0. The van der Waals surface area contributed by atoms with Gasteiger partial charge in [0.2, 0.25) is 5.17 Å². The van der Waals surface area contributed by atoms with Gasteiger partial charge in [-0.1, -0.05) is 13.8 Å². The molecular formula is C9H16N4O3S2. The fourth-order valence-electron chi connectivity index (χ4n) is 1.29. The first-order valence-corrected chi connectivity index (χ1v) is 8.03. The lowest BCUT2D eigenvalue weighted by molar-refractivity contribution is 0.201. The van der Waals surface area contributed by atoms with Gasteiger partial charge in [0.15, 0.2) is 0 Å². The third-order valence-electron chi connectivity index (χ3n) is 2.18. The Hall–Kier alpha value is -1.22. The SMILES string of the molecule is CC(C)C1=NN=C(N(C)C(=O)N(C)C)S1=S(=O)=O. The Morgan fingerprint density at radius 1 is 1.22 bits per heavy atom. The quantitative estimate of drug-likeness (QED) is 0.699. The van der Waals surface area contributed by atoms with E-state index in [0.29, 0.717) is 5.04 Å². The molecule has 2 amide bonds. The van der Waals surface area contributed by atoms with Crippen LogP contribution in [0.3, 0.4) is 0 Å². The number of amidine groups is 1. The summed E-state index contributed by atoms with van der Waals surface area (Å²) in [5.74, 6) is -0.0321. The predicted octanol–water partition coefficient (Wildman–Crippen LogP) is 0.351. The normalized spacial score (nSPS) is 18.4. The van der Waals surface area contributed by atoms with Crippen LogP contribution >= 0.6 is 0 Å². The number of carbonyl (C=O) groups is 1. The summed E-state index contributed by atoms with van der Waals surface area (Å²) in [6.45, 7) is 3.69. The Bertz CT molecular complexity index is 552. The summed E-state index contributed by atoms with van der Waals surface area (Å²) in [5.41, 5.74) is 0. The largest absolute Gasteiger partial charge is 0.330 e. The lowest BCUT2D eigenvalue weighted by atomic mass is 10.2. The standard InChI is InChI=1S/C9H16N4O3S2/c1-6(2)7-10-11-8(17(7)18(15)16)13(5)9(14)12(3)4/h6H,1-5H3. The van der Waals surface area contributed by atoms with E-state index in [-0.39, 0.29) is 17.1 Å². The third kappa shape index (κ3) is 2.78. The molecule has 0 saturated heterocycles. The zero-order valence-corrected chi connectivity index (χ0v) is 12.5. The molecule has 0 aliphatic carbocycles. The van der Waals surface area contributed by atoms with E-state index in [1.54, 1.807) is 14.1 Å². The minimum Gasteiger partial charge on any atom is -0.330 e. The van der Waals surface area contributed by atoms with Gasteiger partial charge in [0.05, 0.1) is 9.45 Å². The molecule has 0 aromatic carbocycles. The Kier molecular flexibility index (Phi) is 4.63. The van der Waals surface area contributed by atoms with E-state index in [4.69, 9.17) is 0 Å². The zero-order valence-electron chi connectivity index (χ0n) is 10.9. The van der Waals surface area contributed by atoms with Crippen LogP contribution in [0, 0.1) is 5.92 Å². The third-order valence-corrected chi connectivity index (χ3v) is 5.84. The second kappa shape index (κ2) is 5.61. The van der Waals surface area contributed by atoms with Crippen LogP contribution in [0.4, 0.5) is 4.79 Å². The molecule has 0 fully saturated rings. The molecule has 1 rings (SSSR count). The predicted molar refractivity (Wildman–Crippen MR) is 72.8 cm³/mol. The van der Waals surface area contributed by atoms with Gasteiger partial charge in [-0.05, 0) is 0 Å². The molecule has 7 nitrogen and oxygen atoms in total. The van der Waals surface area contributed by atoms with Gasteiger partial charge in [-0.3, -0.25) is 4.90 Å². The molecule has 102 valence electrons. The van der Waals surface area contributed by atoms with Gasteiger partial charge in [-0.25, -0.2) is 4.79 Å². The van der Waals surface area contributed by atoms with Gasteiger partial charge in [0.1, 0.15) is 5.04 Å². The van der Waals surface area contributed by atoms with Crippen molar-refractivity contribution < 1.29 is 13.2 Å². The van der Waals surface area contributed by atoms with E-state index >= 15 is 0 Å². The number of urea groups is 1. The van der Waals surface area contributed by atoms with Crippen molar-refractivity contribution in [3.63, 3.8) is 0 Å². The van der Waals surface area contributed by atoms with Crippen LogP contribution in [-0.2, 0) is 18.7 Å². The maximum atomic E-state index is 11.8. The Morgan fingerprint density at radius 2 is 1.78 bits per heavy atom. The summed E-state index contributed by atoms with van der Waals surface area (Å²) >= 11 is 0. The maximum absolute atomic E-state index is 11.8. The van der Waals surface area contributed by atoms with Crippen molar-refractivity contribution >= 4 is 35.0 Å². The molecule has 1 aliphatic rings. The van der Waals surface area contributed by atoms with Crippen LogP contribution in [0.2, 0.25) is 0 Å². The molecule has 1 atom stereocenters. The Labute approximate surface area is 109 Å². The zero-order chi connectivity index (χ0) is 14.0. The average molecular weight is 292 g/mol. The Balaban J connectivity index is 3.17. The van der Waals surface area contributed by atoms with Crippen molar-refractivity contribution in [2.24, 2.45) is 16.1 Å². The number of hydrogen-bond acceptors (Lipinski definition) is 5. The number of carbonyl (C=O) groups excluding carboxylic acids is 1. The van der Waals surface area contributed by atoms with Gasteiger partial charge >= 0.3 is 6.03 Å². The smallest absolute Gasteiger partial charge is 0.325 e. The van der Waals surface area contributed by atoms with Gasteiger partial charge in [-0.2, -0.15) is 8.42 Å². The molecule has 9 heteroatoms. The number of nitrogens with zero attached hydrogens (tertiary/aromatic N) is 4. The highest BCUT2D eigenvalue weighted by Crippen LogP contribution is 2.15. The molecule has 0 bridgehead atoms. The lowest BCUT2D eigenvalue weighted by Gasteiger charge is -2.21. The van der Waals surface area contributed by atoms with Gasteiger partial charge in [0, 0.05) is 27.1 Å². The fourth-order valence-corrected chi connectivity index (χ4v) is 4.62. The molecule has 0 aromatic rings. The summed E-state index contributed by atoms with van der Waals surface area (Å²) in [4.78, 5) is 14.4. The molecule has 0 aromatic heterocycles. The second-order valence-corrected chi connectivity index (χ2v) is 7.73. The van der Waals surface area contributed by atoms with Crippen LogP contribution in [-0.4, -0.2) is 55.6 Å². The van der Waals surface area contributed by atoms with E-state index < -0.39 is 18.7 Å². The molecule has 18 heavy (non-hydrogen) atoms. The molecule has 1 unspecified atom stereocenters. The molecule has 0 spiro atoms. The first-order valence-electron chi connectivity index (χ1n) is 5.22. The first kappa shape index (κ1) is 14.8. The summed E-state index contributed by atoms with van der Waals surface area (Å²) in [6.07, 6.45) is 0. The summed E-state index contributed by atoms with van der Waals surface area (Å²) in [6, 6.07) is -0.336. The minimum absolute atomic E-state index is 0.0321. The van der Waals surface area contributed by atoms with Crippen molar-refractivity contribution in [1.82, 2.24) is 9.80 Å². The Morgan fingerprint density at radius 3 is 2.17 bits per heavy atom. The lowest BCUT2D eigenvalue weighted by Crippen LogP contribution is -2.42. The van der Waals surface area contributed by atoms with Gasteiger partial charge < -0.3 is 4.90 Å². The van der Waals surface area contributed by atoms with Crippen LogP contribution in [0.1, 0.15) is 13.8 Å². The molecular weight excluding hydrogens is 276 g/mol. The topological polar surface area (TPSA) is 82.4 Å². The highest BCUT2D eigenvalue weighted by Gasteiger charge is 2.30. The number of rotatable bonds is 1. The van der Waals surface area contributed by atoms with Crippen molar-refractivity contribution in [3.8, 4) is 0 Å². The monoisotopic (exact) mass is 292 g/mol. The van der Waals surface area contributed by atoms with Crippen molar-refractivity contribution in [2.45, 2.75) is 13.8 Å². The molecule has 0 saturated carbocycles. The van der Waals surface area contributed by atoms with E-state index in [1.165, 1.54) is 16.8 Å². The average Bonchev–Trinajstić information content (AvgIpc) is 2.71. The maximum Gasteiger partial charge on any atom is 0.325 e. The minimum atomic E-state index is -2.37. The summed E-state index contributed by atoms with van der Waals surface area (Å²) in [5, 5.41) is 8.40. The van der Waals surface area contributed by atoms with Gasteiger partial charge in [0.25, 0.3) is 9.26 Å². The highest BCUT2D eigenvalue weighted by molar-refractivity contribution is 8.49. The van der Waals surface area contributed by atoms with Crippen molar-refractivity contribution in [3.05, 3.63) is 0 Å². The van der Waals surface area contributed by atoms with E-state index in [2.05, 4.69) is 10.2 Å².